The summed E-state index contributed by atoms with van der Waals surface area (Å²) in [6.07, 6.45) is 3.91. The molecule has 0 saturated heterocycles. The summed E-state index contributed by atoms with van der Waals surface area (Å²) < 4.78 is 0. The van der Waals surface area contributed by atoms with Gasteiger partial charge < -0.3 is 0 Å². The SMILES string of the molecule is CC(C1CCCC1c1ccccc1P(c1ccccc1)c1ccccc1)P(c1ccccc1)c1ccccc1. The lowest BCUT2D eigenvalue weighted by molar-refractivity contribution is 0.480. The Bertz CT molecular complexity index is 1370. The van der Waals surface area contributed by atoms with Gasteiger partial charge in [0.15, 0.2) is 0 Å². The van der Waals surface area contributed by atoms with Gasteiger partial charge in [-0.3, -0.25) is 0 Å². The van der Waals surface area contributed by atoms with Gasteiger partial charge in [-0.15, -0.1) is 0 Å². The molecule has 3 atom stereocenters. The minimum Gasteiger partial charge on any atom is -0.0622 e. The van der Waals surface area contributed by atoms with Gasteiger partial charge in [0.25, 0.3) is 0 Å². The first-order valence-electron chi connectivity index (χ1n) is 14.2. The molecule has 2 heteroatoms. The van der Waals surface area contributed by atoms with E-state index < -0.39 is 15.8 Å². The zero-order valence-corrected chi connectivity index (χ0v) is 24.4. The van der Waals surface area contributed by atoms with Gasteiger partial charge in [0.1, 0.15) is 0 Å². The van der Waals surface area contributed by atoms with Crippen LogP contribution in [0, 0.1) is 5.92 Å². The van der Waals surface area contributed by atoms with Crippen LogP contribution in [0.5, 0.6) is 0 Å². The zero-order chi connectivity index (χ0) is 26.4. The van der Waals surface area contributed by atoms with Crippen molar-refractivity contribution in [3.8, 4) is 0 Å². The molecule has 39 heavy (non-hydrogen) atoms. The molecule has 1 aliphatic carbocycles. The summed E-state index contributed by atoms with van der Waals surface area (Å²) in [5.74, 6) is 1.26. The topological polar surface area (TPSA) is 0 Å². The second-order valence-corrected chi connectivity index (χ2v) is 15.3. The molecule has 1 saturated carbocycles. The highest BCUT2D eigenvalue weighted by Gasteiger charge is 2.38. The second-order valence-electron chi connectivity index (χ2n) is 10.5. The summed E-state index contributed by atoms with van der Waals surface area (Å²) in [6, 6.07) is 54.4. The molecule has 6 rings (SSSR count). The summed E-state index contributed by atoms with van der Waals surface area (Å²) in [5.41, 5.74) is 2.19. The van der Waals surface area contributed by atoms with Crippen LogP contribution in [0.4, 0.5) is 0 Å². The standard InChI is InChI=1S/C37H36P2/c1-29(38(30-17-6-2-7-18-30)31-19-8-3-9-20-31)34-26-16-27-35(34)36-25-14-15-28-37(36)39(32-21-10-4-11-22-32)33-23-12-5-13-24-33/h2-15,17-25,28-29,34-35H,16,26-27H2,1H3. The van der Waals surface area contributed by atoms with Crippen molar-refractivity contribution in [1.82, 2.24) is 0 Å². The van der Waals surface area contributed by atoms with Crippen molar-refractivity contribution in [1.29, 1.82) is 0 Å². The number of benzene rings is 5. The predicted octanol–water partition coefficient (Wildman–Crippen LogP) is 7.85. The van der Waals surface area contributed by atoms with Crippen LogP contribution < -0.4 is 26.5 Å². The van der Waals surface area contributed by atoms with Gasteiger partial charge in [0.05, 0.1) is 0 Å². The van der Waals surface area contributed by atoms with Crippen molar-refractivity contribution in [3.63, 3.8) is 0 Å². The van der Waals surface area contributed by atoms with E-state index in [0.29, 0.717) is 17.5 Å². The van der Waals surface area contributed by atoms with E-state index in [4.69, 9.17) is 0 Å². The van der Waals surface area contributed by atoms with E-state index in [1.54, 1.807) is 5.56 Å². The summed E-state index contributed by atoms with van der Waals surface area (Å²) in [5, 5.41) is 7.41. The Hall–Kier alpha value is -3.04. The van der Waals surface area contributed by atoms with Crippen LogP contribution in [0.25, 0.3) is 0 Å². The Morgan fingerprint density at radius 2 is 0.949 bits per heavy atom. The van der Waals surface area contributed by atoms with Crippen LogP contribution in [-0.2, 0) is 0 Å². The molecule has 0 spiro atoms. The van der Waals surface area contributed by atoms with Crippen molar-refractivity contribution in [3.05, 3.63) is 151 Å². The highest BCUT2D eigenvalue weighted by molar-refractivity contribution is 7.80. The zero-order valence-electron chi connectivity index (χ0n) is 22.6. The van der Waals surface area contributed by atoms with Crippen LogP contribution in [0.3, 0.4) is 0 Å². The first kappa shape index (κ1) is 26.2. The molecule has 194 valence electrons. The van der Waals surface area contributed by atoms with Gasteiger partial charge in [-0.05, 0) is 78.3 Å². The van der Waals surface area contributed by atoms with Crippen molar-refractivity contribution in [2.75, 3.05) is 0 Å². The van der Waals surface area contributed by atoms with Gasteiger partial charge in [0.2, 0.25) is 0 Å². The van der Waals surface area contributed by atoms with Gasteiger partial charge in [0, 0.05) is 0 Å². The van der Waals surface area contributed by atoms with E-state index in [0.717, 1.165) is 0 Å². The van der Waals surface area contributed by atoms with Gasteiger partial charge in [-0.2, -0.15) is 0 Å². The lowest BCUT2D eigenvalue weighted by atomic mass is 9.87. The van der Waals surface area contributed by atoms with E-state index in [1.165, 1.54) is 45.8 Å². The van der Waals surface area contributed by atoms with E-state index >= 15 is 0 Å². The highest BCUT2D eigenvalue weighted by Crippen LogP contribution is 2.53. The van der Waals surface area contributed by atoms with E-state index in [-0.39, 0.29) is 0 Å². The molecule has 0 nitrogen and oxygen atoms in total. The Morgan fingerprint density at radius 1 is 0.513 bits per heavy atom. The molecule has 0 N–H and O–H groups in total. The summed E-state index contributed by atoms with van der Waals surface area (Å²) >= 11 is 0. The van der Waals surface area contributed by atoms with Gasteiger partial charge in [-0.1, -0.05) is 159 Å². The number of hydrogen-bond acceptors (Lipinski definition) is 0. The lowest BCUT2D eigenvalue weighted by Gasteiger charge is -2.35. The molecule has 0 aliphatic heterocycles. The molecule has 0 radical (unpaired) electrons. The van der Waals surface area contributed by atoms with Crippen LogP contribution in [-0.4, -0.2) is 5.66 Å². The smallest absolute Gasteiger partial charge is 0.0116 e. The second kappa shape index (κ2) is 12.4. The monoisotopic (exact) mass is 542 g/mol. The fourth-order valence-electron chi connectivity index (χ4n) is 6.53. The van der Waals surface area contributed by atoms with Crippen molar-refractivity contribution >= 4 is 42.4 Å². The minimum atomic E-state index is -0.619. The van der Waals surface area contributed by atoms with Gasteiger partial charge in [-0.25, -0.2) is 0 Å². The fourth-order valence-corrected chi connectivity index (χ4v) is 12.0. The first-order valence-corrected chi connectivity index (χ1v) is 16.9. The normalized spacial score (nSPS) is 17.9. The summed E-state index contributed by atoms with van der Waals surface area (Å²) in [6.45, 7) is 2.55. The third-order valence-corrected chi connectivity index (χ3v) is 13.7. The third kappa shape index (κ3) is 5.65. The van der Waals surface area contributed by atoms with Crippen molar-refractivity contribution < 1.29 is 0 Å². The molecule has 0 amide bonds. The molecule has 1 aliphatic rings. The molecular weight excluding hydrogens is 506 g/mol. The molecule has 5 aromatic rings. The van der Waals surface area contributed by atoms with Crippen LogP contribution in [0.1, 0.15) is 37.7 Å². The predicted molar refractivity (Wildman–Crippen MR) is 174 cm³/mol. The largest absolute Gasteiger partial charge is 0.0622 e. The first-order chi connectivity index (χ1) is 19.3. The molecule has 5 aromatic carbocycles. The Morgan fingerprint density at radius 3 is 1.46 bits per heavy atom. The maximum absolute atomic E-state index is 2.55. The Labute approximate surface area is 236 Å². The number of rotatable bonds is 8. The lowest BCUT2D eigenvalue weighted by Crippen LogP contribution is -2.30. The average Bonchev–Trinajstić information content (AvgIpc) is 3.50. The van der Waals surface area contributed by atoms with Gasteiger partial charge >= 0.3 is 0 Å². The Balaban J connectivity index is 1.42. The molecule has 0 aromatic heterocycles. The van der Waals surface area contributed by atoms with E-state index in [1.807, 2.05) is 0 Å². The van der Waals surface area contributed by atoms with Crippen LogP contribution in [0.2, 0.25) is 0 Å². The van der Waals surface area contributed by atoms with E-state index in [2.05, 4.69) is 153 Å². The third-order valence-electron chi connectivity index (χ3n) is 8.27. The fraction of sp³-hybridized carbons (Fsp3) is 0.189. The highest BCUT2D eigenvalue weighted by atomic mass is 31.1. The van der Waals surface area contributed by atoms with E-state index in [9.17, 15) is 0 Å². The summed E-state index contributed by atoms with van der Waals surface area (Å²) in [4.78, 5) is 0. The van der Waals surface area contributed by atoms with Crippen molar-refractivity contribution in [2.24, 2.45) is 5.92 Å². The maximum atomic E-state index is 2.55. The maximum Gasteiger partial charge on any atom is -0.0116 e. The molecule has 0 heterocycles. The quantitative estimate of drug-likeness (QED) is 0.175. The molecular formula is C37H36P2. The minimum absolute atomic E-state index is 0.447. The molecule has 1 fully saturated rings. The van der Waals surface area contributed by atoms with Crippen LogP contribution >= 0.6 is 15.8 Å². The Kier molecular flexibility index (Phi) is 8.35. The molecule has 0 bridgehead atoms. The summed E-state index contributed by atoms with van der Waals surface area (Å²) in [7, 11) is -1.07. The van der Waals surface area contributed by atoms with Crippen molar-refractivity contribution in [2.45, 2.75) is 37.8 Å². The molecule has 3 unspecified atom stereocenters. The number of hydrogen-bond donors (Lipinski definition) is 0. The van der Waals surface area contributed by atoms with Crippen LogP contribution in [0.15, 0.2) is 146 Å². The average molecular weight is 543 g/mol.